The smallest absolute Gasteiger partial charge is 0.295 e. The van der Waals surface area contributed by atoms with E-state index >= 15 is 0 Å². The second-order valence-electron chi connectivity index (χ2n) is 20.9. The van der Waals surface area contributed by atoms with E-state index < -0.39 is 119 Å². The Morgan fingerprint density at radius 3 is 1.67 bits per heavy atom. The van der Waals surface area contributed by atoms with Gasteiger partial charge in [-0.15, -0.1) is 0 Å². The average Bonchev–Trinajstić information content (AvgIpc) is 1.64. The Morgan fingerprint density at radius 2 is 1.16 bits per heavy atom. The molecule has 33 heteroatoms. The van der Waals surface area contributed by atoms with Crippen LogP contribution < -0.4 is 15.4 Å². The van der Waals surface area contributed by atoms with Gasteiger partial charge in [-0.1, -0.05) is 38.1 Å². The number of aromatic nitrogens is 1. The maximum Gasteiger partial charge on any atom is 0.295 e. The van der Waals surface area contributed by atoms with Gasteiger partial charge in [0.2, 0.25) is 15.7 Å². The number of carbonyl (C=O) groups is 1. The fraction of sp³-hybridized carbons (Fsp3) is 0.250. The highest BCUT2D eigenvalue weighted by atomic mass is 32.2. The van der Waals surface area contributed by atoms with Gasteiger partial charge in [-0.25, -0.2) is 13.6 Å². The lowest BCUT2D eigenvalue weighted by molar-refractivity contribution is -0.437. The van der Waals surface area contributed by atoms with Gasteiger partial charge in [-0.3, -0.25) is 37.1 Å². The molecule has 0 spiro atoms. The van der Waals surface area contributed by atoms with Crippen molar-refractivity contribution in [2.45, 2.75) is 82.4 Å². The van der Waals surface area contributed by atoms with Crippen molar-refractivity contribution in [3.8, 4) is 0 Å². The van der Waals surface area contributed by atoms with E-state index in [4.69, 9.17) is 5.14 Å². The molecule has 0 aliphatic carbocycles. The first-order valence-electron chi connectivity index (χ1n) is 24.9. The molecule has 0 radical (unpaired) electrons. The standard InChI is InChI=1S/C52H53N5O21S7/c1-51(2)46(56(21-5-23-79(59,60)61)42-17-14-37-39(48(42)51)25-35(82(67,68)69)27-44(37)84(73,74)75)19-10-32(41-16-9-33(30-54-41)50(58)55-29-31-7-12-34(13-8-31)81(53,65)66)11-20-47-52(3,4)49-40-26-36(83(70,71)72)28-45(85(76,77)78)38(40)15-18-43(49)57(47)22-6-24-80(62,63)64/h7-20,25-28,30H,5-6,21-24,29H2,1-4H3,(H8-,53,55,58,59,60,61,62,63,64,65,66,67,68,69,70,71,72,73,74,75,76,77,78)/p+1. The molecule has 26 nitrogen and oxygen atoms in total. The van der Waals surface area contributed by atoms with Gasteiger partial charge in [0.1, 0.15) is 16.3 Å². The predicted molar refractivity (Wildman–Crippen MR) is 311 cm³/mol. The van der Waals surface area contributed by atoms with E-state index in [1.54, 1.807) is 49.3 Å². The molecule has 0 saturated heterocycles. The summed E-state index contributed by atoms with van der Waals surface area (Å²) in [5.41, 5.74) is -0.120. The summed E-state index contributed by atoms with van der Waals surface area (Å²) in [5.74, 6) is -2.09. The van der Waals surface area contributed by atoms with Crippen LogP contribution in [-0.2, 0) is 88.1 Å². The Balaban J connectivity index is 1.34. The molecule has 0 bridgehead atoms. The number of anilines is 1. The summed E-state index contributed by atoms with van der Waals surface area (Å²) in [6.45, 7) is 6.23. The summed E-state index contributed by atoms with van der Waals surface area (Å²) in [6, 6.07) is 16.9. The van der Waals surface area contributed by atoms with Gasteiger partial charge in [0.05, 0.1) is 42.9 Å². The topological polar surface area (TPSA) is 435 Å². The first-order valence-corrected chi connectivity index (χ1v) is 35.4. The zero-order valence-corrected chi connectivity index (χ0v) is 50.7. The minimum atomic E-state index is -5.17. The van der Waals surface area contributed by atoms with Crippen LogP contribution in [0.15, 0.2) is 146 Å². The zero-order valence-electron chi connectivity index (χ0n) is 45.0. The minimum absolute atomic E-state index is 0.0385. The fourth-order valence-electron chi connectivity index (χ4n) is 10.6. The van der Waals surface area contributed by atoms with Gasteiger partial charge >= 0.3 is 0 Å². The highest BCUT2D eigenvalue weighted by Crippen LogP contribution is 2.52. The quantitative estimate of drug-likeness (QED) is 0.0276. The largest absolute Gasteiger partial charge is 0.348 e. The van der Waals surface area contributed by atoms with E-state index in [0.29, 0.717) is 29.1 Å². The highest BCUT2D eigenvalue weighted by molar-refractivity contribution is 7.89. The van der Waals surface area contributed by atoms with Gasteiger partial charge in [-0.2, -0.15) is 55.1 Å². The lowest BCUT2D eigenvalue weighted by Crippen LogP contribution is -2.28. The van der Waals surface area contributed by atoms with E-state index in [0.717, 1.165) is 12.1 Å². The van der Waals surface area contributed by atoms with Crippen LogP contribution in [0, 0.1) is 0 Å². The third kappa shape index (κ3) is 13.8. The van der Waals surface area contributed by atoms with Crippen molar-refractivity contribution in [1.82, 2.24) is 10.3 Å². The fourth-order valence-corrected chi connectivity index (χ4v) is 14.8. The maximum atomic E-state index is 13.5. The van der Waals surface area contributed by atoms with Crippen LogP contribution in [0.2, 0.25) is 0 Å². The molecule has 0 saturated carbocycles. The number of hydrogen-bond donors (Lipinski definition) is 8. The number of carbonyl (C=O) groups excluding carboxylic acids is 1. The van der Waals surface area contributed by atoms with Crippen molar-refractivity contribution >= 4 is 121 Å². The Kier molecular flexibility index (Phi) is 17.1. The van der Waals surface area contributed by atoms with Crippen LogP contribution >= 0.6 is 0 Å². The Bertz CT molecular complexity index is 4790. The van der Waals surface area contributed by atoms with Crippen LogP contribution in [0.3, 0.4) is 0 Å². The summed E-state index contributed by atoms with van der Waals surface area (Å²) in [4.78, 5) is 16.1. The molecule has 2 aliphatic heterocycles. The lowest BCUT2D eigenvalue weighted by Gasteiger charge is -2.27. The van der Waals surface area contributed by atoms with Crippen LogP contribution in [0.1, 0.15) is 73.3 Å². The number of nitrogens with zero attached hydrogens (tertiary/aromatic N) is 3. The van der Waals surface area contributed by atoms with Crippen molar-refractivity contribution in [3.63, 3.8) is 0 Å². The molecule has 6 aromatic rings. The van der Waals surface area contributed by atoms with Gasteiger partial charge in [0, 0.05) is 76.6 Å². The third-order valence-electron chi connectivity index (χ3n) is 14.4. The number of primary sulfonamides is 1. The molecule has 1 amide bonds. The number of sulfonamides is 1. The Morgan fingerprint density at radius 1 is 0.624 bits per heavy atom. The second-order valence-corrected chi connectivity index (χ2v) is 31.2. The van der Waals surface area contributed by atoms with Gasteiger partial charge in [0.25, 0.3) is 66.6 Å². The van der Waals surface area contributed by atoms with Crippen molar-refractivity contribution < 1.29 is 95.6 Å². The second kappa shape index (κ2) is 22.5. The van der Waals surface area contributed by atoms with E-state index in [1.165, 1.54) is 79.0 Å². The molecule has 2 aliphatic rings. The van der Waals surface area contributed by atoms with Crippen LogP contribution in [-0.4, -0.2) is 132 Å². The molecule has 454 valence electrons. The van der Waals surface area contributed by atoms with Crippen molar-refractivity contribution in [2.24, 2.45) is 5.14 Å². The van der Waals surface area contributed by atoms with Crippen LogP contribution in [0.4, 0.5) is 11.4 Å². The molecule has 85 heavy (non-hydrogen) atoms. The summed E-state index contributed by atoms with van der Waals surface area (Å²) < 4.78 is 236. The molecular formula is C52H54N5O21S7+. The monoisotopic (exact) mass is 1310 g/mol. The number of allylic oxidation sites excluding steroid dienone is 6. The molecule has 5 aromatic carbocycles. The first kappa shape index (κ1) is 64.3. The molecule has 0 unspecified atom stereocenters. The lowest BCUT2D eigenvalue weighted by atomic mass is 9.79. The predicted octanol–water partition coefficient (Wildman–Crippen LogP) is 5.21. The third-order valence-corrected chi connectivity index (χ3v) is 20.4. The van der Waals surface area contributed by atoms with E-state index in [9.17, 15) is 91.0 Å². The number of benzene rings is 5. The summed E-state index contributed by atoms with van der Waals surface area (Å²) in [6.07, 6.45) is 6.96. The first-order chi connectivity index (χ1) is 39.0. The minimum Gasteiger partial charge on any atom is -0.348 e. The SMILES string of the molecule is CC1(C)C(=CC=C(C=CC2=[N+](CCCS(=O)(=O)O)c3ccc4c(S(=O)(=O)O)cc(S(=O)(=O)O)cc4c3C2(C)C)c2ccc(C(=O)NCc3ccc(S(N)(=O)=O)cc3)cn2)N(CCCS(=O)(=O)O)c2ccc3c(S(=O)(=O)O)cc(S(=O)(=O)O)cc3c21. The van der Waals surface area contributed by atoms with Crippen LogP contribution in [0.25, 0.3) is 27.1 Å². The average molecular weight is 1310 g/mol. The molecule has 9 N–H and O–H groups in total. The Hall–Kier alpha value is -6.70. The molecule has 0 atom stereocenters. The number of hydrogen-bond acceptors (Lipinski definition) is 17. The molecule has 8 rings (SSSR count). The highest BCUT2D eigenvalue weighted by Gasteiger charge is 2.47. The zero-order chi connectivity index (χ0) is 63.0. The van der Waals surface area contributed by atoms with E-state index in [2.05, 4.69) is 10.3 Å². The van der Waals surface area contributed by atoms with Gasteiger partial charge in [-0.05, 0) is 115 Å². The number of amides is 1. The molecular weight excluding hydrogens is 1260 g/mol. The number of fused-ring (bicyclic) bond motifs is 6. The molecule has 3 heterocycles. The van der Waals surface area contributed by atoms with E-state index in [-0.39, 0.29) is 98.2 Å². The summed E-state index contributed by atoms with van der Waals surface area (Å²) in [5, 5.41) is 7.45. The van der Waals surface area contributed by atoms with E-state index in [1.807, 2.05) is 0 Å². The number of pyridine rings is 1. The number of nitrogens with one attached hydrogen (secondary N) is 1. The van der Waals surface area contributed by atoms with Crippen molar-refractivity contribution in [3.05, 3.63) is 149 Å². The van der Waals surface area contributed by atoms with Crippen LogP contribution in [0.5, 0.6) is 0 Å². The number of nitrogens with two attached hydrogens (primary N) is 1. The Labute approximate surface area is 489 Å². The number of rotatable bonds is 20. The molecule has 0 fully saturated rings. The maximum absolute atomic E-state index is 13.5. The van der Waals surface area contributed by atoms with Gasteiger partial charge < -0.3 is 10.2 Å². The van der Waals surface area contributed by atoms with Crippen molar-refractivity contribution in [2.75, 3.05) is 29.5 Å². The normalized spacial score (nSPS) is 16.4. The summed E-state index contributed by atoms with van der Waals surface area (Å²) >= 11 is 0. The van der Waals surface area contributed by atoms with Crippen molar-refractivity contribution in [1.29, 1.82) is 0 Å². The van der Waals surface area contributed by atoms with Gasteiger partial charge in [0.15, 0.2) is 5.71 Å². The summed E-state index contributed by atoms with van der Waals surface area (Å²) in [7, 11) is -33.7. The molecule has 1 aromatic heterocycles.